The molecule has 1 heterocycles. The Hall–Kier alpha value is -0.830. The van der Waals surface area contributed by atoms with Crippen LogP contribution in [0.3, 0.4) is 0 Å². The molecule has 0 amide bonds. The smallest absolute Gasteiger partial charge is 0.191 e. The summed E-state index contributed by atoms with van der Waals surface area (Å²) in [5, 5.41) is 20.5. The Bertz CT molecular complexity index is 538. The lowest BCUT2D eigenvalue weighted by atomic mass is 10.0. The maximum Gasteiger partial charge on any atom is 0.191 e. The van der Waals surface area contributed by atoms with Crippen molar-refractivity contribution in [1.29, 1.82) is 0 Å². The topological polar surface area (TPSA) is 74.5 Å². The molecule has 1 aromatic heterocycles. The van der Waals surface area contributed by atoms with Crippen LogP contribution in [0.1, 0.15) is 57.0 Å². The number of halogens is 1. The molecule has 0 aromatic carbocycles. The van der Waals surface area contributed by atoms with Crippen molar-refractivity contribution in [2.45, 2.75) is 66.3 Å². The van der Waals surface area contributed by atoms with Crippen LogP contribution < -0.4 is 10.6 Å². The number of nitrogens with one attached hydrogen (secondary N) is 2. The van der Waals surface area contributed by atoms with Crippen LogP contribution in [0.5, 0.6) is 0 Å². The predicted molar refractivity (Wildman–Crippen MR) is 120 cm³/mol. The lowest BCUT2D eigenvalue weighted by Crippen LogP contribution is -2.43. The largest absolute Gasteiger partial charge is 0.396 e. The number of guanidine groups is 1. The molecule has 7 heteroatoms. The number of hydrogen-bond donors (Lipinski definition) is 3. The average molecular weight is 479 g/mol. The molecule has 3 N–H and O–H groups in total. The Labute approximate surface area is 176 Å². The summed E-state index contributed by atoms with van der Waals surface area (Å²) in [6.07, 6.45) is 3.97. The standard InChI is InChI=1S/C19H37N5O.HI/c1-7-9-17(10-11-25)13-21-19(20-8-2)22-14(3)12-18-15(4)23-24(6)16(18)5;/h14,17,25H,7-13H2,1-6H3,(H2,20,21,22);1H. The maximum absolute atomic E-state index is 9.21. The van der Waals surface area contributed by atoms with Crippen molar-refractivity contribution in [3.8, 4) is 0 Å². The van der Waals surface area contributed by atoms with E-state index < -0.39 is 0 Å². The number of rotatable bonds is 10. The third kappa shape index (κ3) is 8.24. The van der Waals surface area contributed by atoms with E-state index in [1.165, 1.54) is 11.3 Å². The molecule has 0 saturated heterocycles. The molecule has 0 aliphatic rings. The minimum absolute atomic E-state index is 0. The van der Waals surface area contributed by atoms with Crippen molar-refractivity contribution >= 4 is 29.9 Å². The highest BCUT2D eigenvalue weighted by atomic mass is 127. The van der Waals surface area contributed by atoms with Crippen LogP contribution in [-0.4, -0.2) is 46.6 Å². The summed E-state index contributed by atoms with van der Waals surface area (Å²) in [6, 6.07) is 0.266. The van der Waals surface area contributed by atoms with E-state index in [1.807, 2.05) is 11.7 Å². The molecule has 1 aromatic rings. The molecule has 26 heavy (non-hydrogen) atoms. The third-order valence-corrected chi connectivity index (χ3v) is 4.64. The summed E-state index contributed by atoms with van der Waals surface area (Å²) in [5.74, 6) is 1.30. The molecule has 2 atom stereocenters. The van der Waals surface area contributed by atoms with Gasteiger partial charge in [0, 0.05) is 38.5 Å². The zero-order valence-electron chi connectivity index (χ0n) is 17.3. The summed E-state index contributed by atoms with van der Waals surface area (Å²) in [5.41, 5.74) is 3.63. The van der Waals surface area contributed by atoms with Gasteiger partial charge in [0.15, 0.2) is 5.96 Å². The molecule has 152 valence electrons. The average Bonchev–Trinajstić information content (AvgIpc) is 2.79. The Balaban J connectivity index is 0.00000625. The van der Waals surface area contributed by atoms with Gasteiger partial charge in [0.25, 0.3) is 0 Å². The zero-order valence-corrected chi connectivity index (χ0v) is 19.6. The SMILES string of the molecule is CCCC(CCO)CN=C(NCC)NC(C)Cc1c(C)nn(C)c1C.I. The normalized spacial score (nSPS) is 13.9. The minimum atomic E-state index is 0. The highest BCUT2D eigenvalue weighted by Crippen LogP contribution is 2.14. The van der Waals surface area contributed by atoms with Crippen LogP contribution in [0, 0.1) is 19.8 Å². The maximum atomic E-state index is 9.21. The lowest BCUT2D eigenvalue weighted by Gasteiger charge is -2.19. The molecule has 0 saturated carbocycles. The highest BCUT2D eigenvalue weighted by molar-refractivity contribution is 14.0. The highest BCUT2D eigenvalue weighted by Gasteiger charge is 2.14. The molecular weight excluding hydrogens is 441 g/mol. The number of aliphatic imine (C=N–C) groups is 1. The molecule has 0 aliphatic heterocycles. The molecule has 0 radical (unpaired) electrons. The van der Waals surface area contributed by atoms with Crippen molar-refractivity contribution in [3.05, 3.63) is 17.0 Å². The van der Waals surface area contributed by atoms with Crippen LogP contribution in [-0.2, 0) is 13.5 Å². The zero-order chi connectivity index (χ0) is 18.8. The quantitative estimate of drug-likeness (QED) is 0.274. The van der Waals surface area contributed by atoms with Gasteiger partial charge >= 0.3 is 0 Å². The van der Waals surface area contributed by atoms with Gasteiger partial charge in [0.05, 0.1) is 5.69 Å². The summed E-state index contributed by atoms with van der Waals surface area (Å²) in [7, 11) is 1.99. The van der Waals surface area contributed by atoms with Crippen molar-refractivity contribution in [3.63, 3.8) is 0 Å². The molecule has 0 bridgehead atoms. The molecule has 2 unspecified atom stereocenters. The van der Waals surface area contributed by atoms with Crippen molar-refractivity contribution in [2.24, 2.45) is 18.0 Å². The third-order valence-electron chi connectivity index (χ3n) is 4.64. The minimum Gasteiger partial charge on any atom is -0.396 e. The van der Waals surface area contributed by atoms with E-state index in [0.717, 1.165) is 50.4 Å². The van der Waals surface area contributed by atoms with E-state index in [2.05, 4.69) is 50.4 Å². The number of aliphatic hydroxyl groups excluding tert-OH is 1. The van der Waals surface area contributed by atoms with E-state index >= 15 is 0 Å². The second-order valence-electron chi connectivity index (χ2n) is 6.91. The number of aromatic nitrogens is 2. The van der Waals surface area contributed by atoms with Gasteiger partial charge in [-0.1, -0.05) is 13.3 Å². The predicted octanol–water partition coefficient (Wildman–Crippen LogP) is 2.94. The molecule has 6 nitrogen and oxygen atoms in total. The second kappa shape index (κ2) is 13.4. The van der Waals surface area contributed by atoms with E-state index in [4.69, 9.17) is 4.99 Å². The first-order valence-corrected chi connectivity index (χ1v) is 9.57. The molecular formula is C19H38IN5O. The van der Waals surface area contributed by atoms with Crippen LogP contribution >= 0.6 is 24.0 Å². The second-order valence-corrected chi connectivity index (χ2v) is 6.91. The number of aliphatic hydroxyl groups is 1. The van der Waals surface area contributed by atoms with Crippen LogP contribution in [0.2, 0.25) is 0 Å². The summed E-state index contributed by atoms with van der Waals surface area (Å²) in [4.78, 5) is 4.75. The van der Waals surface area contributed by atoms with E-state index in [1.54, 1.807) is 0 Å². The number of aryl methyl sites for hydroxylation is 2. The lowest BCUT2D eigenvalue weighted by molar-refractivity contribution is 0.253. The summed E-state index contributed by atoms with van der Waals surface area (Å²) < 4.78 is 1.95. The molecule has 0 aliphatic carbocycles. The van der Waals surface area contributed by atoms with Gasteiger partial charge in [0.1, 0.15) is 0 Å². The van der Waals surface area contributed by atoms with Gasteiger partial charge in [-0.2, -0.15) is 5.10 Å². The van der Waals surface area contributed by atoms with Gasteiger partial charge in [-0.25, -0.2) is 0 Å². The Kier molecular flexibility index (Phi) is 12.9. The van der Waals surface area contributed by atoms with Gasteiger partial charge in [-0.15, -0.1) is 24.0 Å². The monoisotopic (exact) mass is 479 g/mol. The molecule has 1 rings (SSSR count). The Morgan fingerprint density at radius 1 is 1.27 bits per heavy atom. The van der Waals surface area contributed by atoms with Gasteiger partial charge in [-0.05, 0) is 58.4 Å². The van der Waals surface area contributed by atoms with E-state index in [9.17, 15) is 5.11 Å². The van der Waals surface area contributed by atoms with Crippen LogP contribution in [0.15, 0.2) is 4.99 Å². The first-order chi connectivity index (χ1) is 11.9. The fourth-order valence-corrected chi connectivity index (χ4v) is 3.16. The van der Waals surface area contributed by atoms with Crippen molar-refractivity contribution < 1.29 is 5.11 Å². The number of nitrogens with zero attached hydrogens (tertiary/aromatic N) is 3. The van der Waals surface area contributed by atoms with Crippen LogP contribution in [0.4, 0.5) is 0 Å². The first-order valence-electron chi connectivity index (χ1n) is 9.57. The van der Waals surface area contributed by atoms with Gasteiger partial charge < -0.3 is 15.7 Å². The van der Waals surface area contributed by atoms with Crippen molar-refractivity contribution in [1.82, 2.24) is 20.4 Å². The fourth-order valence-electron chi connectivity index (χ4n) is 3.16. The van der Waals surface area contributed by atoms with E-state index in [-0.39, 0.29) is 36.6 Å². The Morgan fingerprint density at radius 3 is 2.46 bits per heavy atom. The Morgan fingerprint density at radius 2 is 1.96 bits per heavy atom. The van der Waals surface area contributed by atoms with Crippen LogP contribution in [0.25, 0.3) is 0 Å². The fraction of sp³-hybridized carbons (Fsp3) is 0.789. The summed E-state index contributed by atoms with van der Waals surface area (Å²) >= 11 is 0. The van der Waals surface area contributed by atoms with Gasteiger partial charge in [0.2, 0.25) is 0 Å². The van der Waals surface area contributed by atoms with Gasteiger partial charge in [-0.3, -0.25) is 9.67 Å². The molecule has 0 spiro atoms. The summed E-state index contributed by atoms with van der Waals surface area (Å²) in [6.45, 7) is 12.4. The van der Waals surface area contributed by atoms with Crippen molar-refractivity contribution in [2.75, 3.05) is 19.7 Å². The molecule has 0 fully saturated rings. The first kappa shape index (κ1) is 25.2. The van der Waals surface area contributed by atoms with E-state index in [0.29, 0.717) is 5.92 Å². The number of hydrogen-bond acceptors (Lipinski definition) is 3.